The van der Waals surface area contributed by atoms with Gasteiger partial charge in [-0.15, -0.1) is 0 Å². The maximum Gasteiger partial charge on any atom is 0.395 e. The largest absolute Gasteiger partial charge is 0.478 e. The Balaban J connectivity index is 3.30. The van der Waals surface area contributed by atoms with Gasteiger partial charge in [-0.25, -0.2) is 17.9 Å². The van der Waals surface area contributed by atoms with Crippen LogP contribution < -0.4 is 9.46 Å². The quantitative estimate of drug-likeness (QED) is 0.453. The van der Waals surface area contributed by atoms with E-state index in [4.69, 9.17) is 9.84 Å². The van der Waals surface area contributed by atoms with Crippen LogP contribution in [-0.4, -0.2) is 51.8 Å². The smallest absolute Gasteiger partial charge is 0.395 e. The summed E-state index contributed by atoms with van der Waals surface area (Å²) in [6.07, 6.45) is -15.6. The number of carboxylic acids is 1. The molecule has 7 nitrogen and oxygen atoms in total. The molecule has 28 heavy (non-hydrogen) atoms. The zero-order valence-corrected chi connectivity index (χ0v) is 14.9. The summed E-state index contributed by atoms with van der Waals surface area (Å²) in [5.41, 5.74) is -0.817. The van der Waals surface area contributed by atoms with Crippen molar-refractivity contribution in [2.75, 3.05) is 13.7 Å². The number of nitrogens with one attached hydrogen (secondary N) is 1. The lowest BCUT2D eigenvalue weighted by Gasteiger charge is -2.23. The standard InChI is InChI=1S/C14H15F6NO6S/c1-21-28(24,25)9-4-2-3-8(12(22)23)11(9)27-10(7-14(18,19)20)26-6-5-13(15,16)17/h2-4,10,21H,5-7H2,1H3,(H,22,23). The summed E-state index contributed by atoms with van der Waals surface area (Å²) in [6.45, 7) is -1.21. The second kappa shape index (κ2) is 8.96. The summed E-state index contributed by atoms with van der Waals surface area (Å²) in [5.74, 6) is -2.73. The molecule has 0 heterocycles. The minimum Gasteiger partial charge on any atom is -0.478 e. The molecule has 0 spiro atoms. The van der Waals surface area contributed by atoms with Gasteiger partial charge in [0.1, 0.15) is 16.9 Å². The van der Waals surface area contributed by atoms with Gasteiger partial charge < -0.3 is 14.6 Å². The van der Waals surface area contributed by atoms with Crippen LogP contribution in [0.1, 0.15) is 23.2 Å². The Morgan fingerprint density at radius 3 is 2.25 bits per heavy atom. The molecule has 1 rings (SSSR count). The van der Waals surface area contributed by atoms with Crippen LogP contribution in [0.5, 0.6) is 5.75 Å². The van der Waals surface area contributed by atoms with Gasteiger partial charge in [0.15, 0.2) is 5.75 Å². The molecule has 0 amide bonds. The van der Waals surface area contributed by atoms with Gasteiger partial charge in [0.05, 0.1) is 13.0 Å². The minimum absolute atomic E-state index is 0.817. The number of halogens is 6. The Hall–Kier alpha value is -2.06. The number of hydrogen-bond acceptors (Lipinski definition) is 5. The van der Waals surface area contributed by atoms with E-state index >= 15 is 0 Å². The fourth-order valence-corrected chi connectivity index (χ4v) is 2.77. The van der Waals surface area contributed by atoms with Crippen molar-refractivity contribution in [3.8, 4) is 5.75 Å². The average molecular weight is 439 g/mol. The van der Waals surface area contributed by atoms with E-state index in [9.17, 15) is 39.6 Å². The summed E-state index contributed by atoms with van der Waals surface area (Å²) < 4.78 is 110. The van der Waals surface area contributed by atoms with Crippen LogP contribution in [0.25, 0.3) is 0 Å². The molecule has 1 aromatic carbocycles. The predicted molar refractivity (Wildman–Crippen MR) is 81.4 cm³/mol. The molecule has 0 radical (unpaired) electrons. The van der Waals surface area contributed by atoms with Crippen molar-refractivity contribution in [2.24, 2.45) is 0 Å². The summed E-state index contributed by atoms with van der Waals surface area (Å²) in [4.78, 5) is 10.5. The van der Waals surface area contributed by atoms with Gasteiger partial charge in [0, 0.05) is 0 Å². The van der Waals surface area contributed by atoms with E-state index in [1.165, 1.54) is 0 Å². The molecule has 0 aliphatic rings. The van der Waals surface area contributed by atoms with Crippen molar-refractivity contribution in [3.63, 3.8) is 0 Å². The molecule has 1 unspecified atom stereocenters. The van der Waals surface area contributed by atoms with E-state index in [1.807, 2.05) is 4.72 Å². The van der Waals surface area contributed by atoms with E-state index in [-0.39, 0.29) is 0 Å². The van der Waals surface area contributed by atoms with Crippen molar-refractivity contribution < 1.29 is 54.1 Å². The van der Waals surface area contributed by atoms with Crippen LogP contribution in [0.15, 0.2) is 23.1 Å². The number of ether oxygens (including phenoxy) is 2. The molecular formula is C14H15F6NO6S. The first-order valence-electron chi connectivity index (χ1n) is 7.38. The van der Waals surface area contributed by atoms with Crippen LogP contribution in [0.4, 0.5) is 26.3 Å². The molecule has 0 aliphatic heterocycles. The molecule has 160 valence electrons. The van der Waals surface area contributed by atoms with Crippen molar-refractivity contribution in [1.82, 2.24) is 4.72 Å². The molecule has 0 saturated carbocycles. The highest BCUT2D eigenvalue weighted by atomic mass is 32.2. The Kier molecular flexibility index (Phi) is 7.67. The topological polar surface area (TPSA) is 102 Å². The van der Waals surface area contributed by atoms with Gasteiger partial charge in [-0.05, 0) is 19.2 Å². The monoisotopic (exact) mass is 439 g/mol. The maximum absolute atomic E-state index is 12.7. The highest BCUT2D eigenvalue weighted by Crippen LogP contribution is 2.32. The molecule has 1 aromatic rings. The predicted octanol–water partition coefficient (Wildman–Crippen LogP) is 2.92. The first-order valence-corrected chi connectivity index (χ1v) is 8.86. The molecular weight excluding hydrogens is 424 g/mol. The number of benzene rings is 1. The Labute approximate surface area is 155 Å². The number of para-hydroxylation sites is 1. The Morgan fingerprint density at radius 1 is 1.18 bits per heavy atom. The van der Waals surface area contributed by atoms with Gasteiger partial charge in [0.25, 0.3) is 0 Å². The van der Waals surface area contributed by atoms with E-state index in [1.54, 1.807) is 0 Å². The molecule has 1 atom stereocenters. The highest BCUT2D eigenvalue weighted by Gasteiger charge is 2.36. The summed E-state index contributed by atoms with van der Waals surface area (Å²) in [7, 11) is -3.42. The third-order valence-electron chi connectivity index (χ3n) is 3.10. The van der Waals surface area contributed by atoms with E-state index in [0.717, 1.165) is 25.2 Å². The molecule has 0 saturated heterocycles. The van der Waals surface area contributed by atoms with Crippen LogP contribution in [0.2, 0.25) is 0 Å². The first kappa shape index (κ1) is 24.0. The molecule has 0 aliphatic carbocycles. The number of sulfonamides is 1. The summed E-state index contributed by atoms with van der Waals surface area (Å²) in [5, 5.41) is 9.15. The minimum atomic E-state index is -4.96. The van der Waals surface area contributed by atoms with Crippen molar-refractivity contribution in [3.05, 3.63) is 23.8 Å². The molecule has 2 N–H and O–H groups in total. The van der Waals surface area contributed by atoms with E-state index in [0.29, 0.717) is 0 Å². The van der Waals surface area contributed by atoms with Crippen molar-refractivity contribution in [1.29, 1.82) is 0 Å². The fourth-order valence-electron chi connectivity index (χ4n) is 1.89. The van der Waals surface area contributed by atoms with Gasteiger partial charge in [-0.2, -0.15) is 26.3 Å². The molecule has 0 bridgehead atoms. The van der Waals surface area contributed by atoms with Crippen LogP contribution in [0, 0.1) is 0 Å². The average Bonchev–Trinajstić information content (AvgIpc) is 2.51. The zero-order valence-electron chi connectivity index (χ0n) is 14.1. The van der Waals surface area contributed by atoms with Gasteiger partial charge >= 0.3 is 18.3 Å². The maximum atomic E-state index is 12.7. The van der Waals surface area contributed by atoms with Crippen molar-refractivity contribution >= 4 is 16.0 Å². The highest BCUT2D eigenvalue weighted by molar-refractivity contribution is 7.89. The Morgan fingerprint density at radius 2 is 1.79 bits per heavy atom. The number of alkyl halides is 6. The lowest BCUT2D eigenvalue weighted by Crippen LogP contribution is -2.31. The lowest BCUT2D eigenvalue weighted by atomic mass is 10.2. The summed E-state index contributed by atoms with van der Waals surface area (Å²) >= 11 is 0. The molecule has 0 fully saturated rings. The van der Waals surface area contributed by atoms with Gasteiger partial charge in [-0.3, -0.25) is 0 Å². The SMILES string of the molecule is CNS(=O)(=O)c1cccc(C(=O)O)c1OC(CC(F)(F)F)OCCC(F)(F)F. The van der Waals surface area contributed by atoms with Gasteiger partial charge in [-0.1, -0.05) is 6.07 Å². The number of carboxylic acid groups (broad SMARTS) is 1. The number of aromatic carboxylic acids is 1. The van der Waals surface area contributed by atoms with Crippen LogP contribution in [-0.2, 0) is 14.8 Å². The first-order chi connectivity index (χ1) is 12.7. The molecule has 0 aromatic heterocycles. The second-order valence-corrected chi connectivity index (χ2v) is 7.10. The normalized spacial score (nSPS) is 14.0. The third kappa shape index (κ3) is 7.52. The van der Waals surface area contributed by atoms with Crippen LogP contribution >= 0.6 is 0 Å². The summed E-state index contributed by atoms with van der Waals surface area (Å²) in [6, 6.07) is 2.71. The van der Waals surface area contributed by atoms with Crippen LogP contribution in [0.3, 0.4) is 0 Å². The lowest BCUT2D eigenvalue weighted by molar-refractivity contribution is -0.207. The number of hydrogen-bond donors (Lipinski definition) is 2. The number of carbonyl (C=O) groups is 1. The zero-order chi connectivity index (χ0) is 21.8. The fraction of sp³-hybridized carbons (Fsp3) is 0.500. The Bertz CT molecular complexity index is 792. The van der Waals surface area contributed by atoms with Crippen molar-refractivity contribution in [2.45, 2.75) is 36.4 Å². The third-order valence-corrected chi connectivity index (χ3v) is 4.54. The second-order valence-electron chi connectivity index (χ2n) is 5.25. The van der Waals surface area contributed by atoms with E-state index in [2.05, 4.69) is 4.74 Å². The molecule has 14 heteroatoms. The van der Waals surface area contributed by atoms with E-state index < -0.39 is 70.3 Å². The van der Waals surface area contributed by atoms with Gasteiger partial charge in [0.2, 0.25) is 16.3 Å². The number of rotatable bonds is 9.